The number of hydrogen-bond acceptors (Lipinski definition) is 7. The maximum atomic E-state index is 12.7. The normalized spacial score (nSPS) is 13.9. The van der Waals surface area contributed by atoms with Gasteiger partial charge in [-0.3, -0.25) is 18.6 Å². The minimum Gasteiger partial charge on any atom is -0.462 e. The molecule has 1 unspecified atom stereocenters. The van der Waals surface area contributed by atoms with Crippen molar-refractivity contribution in [1.29, 1.82) is 0 Å². The summed E-state index contributed by atoms with van der Waals surface area (Å²) < 4.78 is 34.3. The minimum absolute atomic E-state index is 0.0233. The molecule has 0 bridgehead atoms. The lowest BCUT2D eigenvalue weighted by Gasteiger charge is -2.24. The van der Waals surface area contributed by atoms with Crippen LogP contribution in [0.15, 0.2) is 48.6 Å². The Hall–Kier alpha value is -2.03. The van der Waals surface area contributed by atoms with Crippen LogP contribution >= 0.6 is 7.82 Å². The van der Waals surface area contributed by atoms with Crippen molar-refractivity contribution in [2.75, 3.05) is 47.5 Å². The largest absolute Gasteiger partial charge is 0.472 e. The molecule has 0 aromatic rings. The molecule has 0 fully saturated rings. The summed E-state index contributed by atoms with van der Waals surface area (Å²) in [6.45, 7) is 4.28. The Balaban J connectivity index is 4.31. The number of ether oxygens (including phenoxy) is 2. The topological polar surface area (TPSA) is 108 Å². The molecule has 1 N–H and O–H groups in total. The Labute approximate surface area is 363 Å². The third-order valence-electron chi connectivity index (χ3n) is 10.1. The maximum absolute atomic E-state index is 12.7. The molecule has 9 nitrogen and oxygen atoms in total. The van der Waals surface area contributed by atoms with Crippen LogP contribution < -0.4 is 0 Å². The van der Waals surface area contributed by atoms with Crippen molar-refractivity contribution in [2.24, 2.45) is 0 Å². The van der Waals surface area contributed by atoms with E-state index in [0.29, 0.717) is 17.4 Å². The van der Waals surface area contributed by atoms with E-state index in [-0.39, 0.29) is 32.0 Å². The fourth-order valence-corrected chi connectivity index (χ4v) is 7.16. The highest BCUT2D eigenvalue weighted by Crippen LogP contribution is 2.43. The van der Waals surface area contributed by atoms with Crippen molar-refractivity contribution < 1.29 is 42.1 Å². The standard InChI is InChI=1S/C49H90NO8P/c1-6-8-10-12-14-16-18-20-22-23-24-25-26-28-29-31-33-35-37-39-41-48(51)55-45-47(46-57-59(53,54)56-44-43-50(3,4)5)58-49(52)42-40-38-36-34-32-30-27-21-19-17-15-13-11-9-7-2/h9,11,15,17,21,27,32,34,47H,6-8,10,12-14,16,18-20,22-26,28-31,33,35-46H2,1-5H3/p+1/b11-9+,17-15+,27-21+,34-32+/t47-/m1/s1. The van der Waals surface area contributed by atoms with E-state index in [2.05, 4.69) is 62.5 Å². The Bertz CT molecular complexity index is 1150. The number of nitrogens with zero attached hydrogens (tertiary/aromatic N) is 1. The van der Waals surface area contributed by atoms with Crippen LogP contribution in [-0.4, -0.2) is 74.9 Å². The van der Waals surface area contributed by atoms with E-state index in [0.717, 1.165) is 57.8 Å². The number of likely N-dealkylation sites (N-methyl/N-ethyl adjacent to an activating group) is 1. The van der Waals surface area contributed by atoms with Crippen molar-refractivity contribution in [2.45, 2.75) is 206 Å². The third-order valence-corrected chi connectivity index (χ3v) is 11.1. The lowest BCUT2D eigenvalue weighted by atomic mass is 10.0. The zero-order valence-corrected chi connectivity index (χ0v) is 39.6. The molecule has 10 heteroatoms. The van der Waals surface area contributed by atoms with Crippen molar-refractivity contribution >= 4 is 19.8 Å². The van der Waals surface area contributed by atoms with Gasteiger partial charge >= 0.3 is 19.8 Å². The van der Waals surface area contributed by atoms with Gasteiger partial charge in [-0.15, -0.1) is 0 Å². The molecule has 59 heavy (non-hydrogen) atoms. The van der Waals surface area contributed by atoms with Crippen LogP contribution in [0.25, 0.3) is 0 Å². The van der Waals surface area contributed by atoms with Gasteiger partial charge in [-0.25, -0.2) is 4.57 Å². The highest BCUT2D eigenvalue weighted by Gasteiger charge is 2.27. The van der Waals surface area contributed by atoms with Crippen molar-refractivity contribution in [3.05, 3.63) is 48.6 Å². The number of hydrogen-bond donors (Lipinski definition) is 1. The van der Waals surface area contributed by atoms with Crippen molar-refractivity contribution in [3.8, 4) is 0 Å². The highest BCUT2D eigenvalue weighted by atomic mass is 31.2. The molecule has 0 aliphatic rings. The quantitative estimate of drug-likeness (QED) is 0.0212. The monoisotopic (exact) mass is 853 g/mol. The number of carbonyl (C=O) groups excluding carboxylic acids is 2. The molecule has 0 spiro atoms. The predicted molar refractivity (Wildman–Crippen MR) is 247 cm³/mol. The molecule has 0 saturated heterocycles. The summed E-state index contributed by atoms with van der Waals surface area (Å²) in [5, 5.41) is 0. The molecule has 0 rings (SSSR count). The maximum Gasteiger partial charge on any atom is 0.472 e. The van der Waals surface area contributed by atoms with Gasteiger partial charge in [0.25, 0.3) is 0 Å². The number of esters is 2. The van der Waals surface area contributed by atoms with E-state index in [1.807, 2.05) is 21.1 Å². The summed E-state index contributed by atoms with van der Waals surface area (Å²) in [7, 11) is 1.45. The summed E-state index contributed by atoms with van der Waals surface area (Å²) in [6.07, 6.45) is 48.8. The van der Waals surface area contributed by atoms with E-state index >= 15 is 0 Å². The second-order valence-electron chi connectivity index (χ2n) is 17.1. The number of carbonyl (C=O) groups is 2. The van der Waals surface area contributed by atoms with Crippen molar-refractivity contribution in [3.63, 3.8) is 0 Å². The van der Waals surface area contributed by atoms with Crippen LogP contribution in [-0.2, 0) is 32.7 Å². The molecule has 0 saturated carbocycles. The van der Waals surface area contributed by atoms with E-state index in [4.69, 9.17) is 18.5 Å². The number of phosphoric ester groups is 1. The first-order chi connectivity index (χ1) is 28.5. The first-order valence-corrected chi connectivity index (χ1v) is 25.4. The van der Waals surface area contributed by atoms with Crippen molar-refractivity contribution in [1.82, 2.24) is 0 Å². The average molecular weight is 853 g/mol. The Morgan fingerprint density at radius 3 is 1.44 bits per heavy atom. The summed E-state index contributed by atoms with van der Waals surface area (Å²) in [4.78, 5) is 35.4. The summed E-state index contributed by atoms with van der Waals surface area (Å²) in [5.41, 5.74) is 0. The summed E-state index contributed by atoms with van der Waals surface area (Å²) in [6, 6.07) is 0. The van der Waals surface area contributed by atoms with Crippen LogP contribution in [0.1, 0.15) is 200 Å². The van der Waals surface area contributed by atoms with Gasteiger partial charge in [-0.05, 0) is 51.4 Å². The van der Waals surface area contributed by atoms with Crippen LogP contribution in [0, 0.1) is 0 Å². The molecular formula is C49H91NO8P+. The van der Waals surface area contributed by atoms with E-state index in [9.17, 15) is 19.0 Å². The molecule has 0 aromatic carbocycles. The third kappa shape index (κ3) is 45.3. The molecular weight excluding hydrogens is 762 g/mol. The lowest BCUT2D eigenvalue weighted by Crippen LogP contribution is -2.37. The van der Waals surface area contributed by atoms with Gasteiger partial charge in [0.2, 0.25) is 0 Å². The molecule has 0 amide bonds. The zero-order valence-electron chi connectivity index (χ0n) is 38.7. The molecule has 2 atom stereocenters. The van der Waals surface area contributed by atoms with Crippen LogP contribution in [0.2, 0.25) is 0 Å². The number of phosphoric acid groups is 1. The second kappa shape index (κ2) is 41.3. The number of allylic oxidation sites excluding steroid dienone is 8. The first kappa shape index (κ1) is 57.0. The Kier molecular flexibility index (Phi) is 39.9. The van der Waals surface area contributed by atoms with Gasteiger partial charge in [0.1, 0.15) is 19.8 Å². The second-order valence-corrected chi connectivity index (χ2v) is 18.6. The van der Waals surface area contributed by atoms with E-state index in [1.54, 1.807) is 0 Å². The number of rotatable bonds is 43. The van der Waals surface area contributed by atoms with E-state index < -0.39 is 26.5 Å². The summed E-state index contributed by atoms with van der Waals surface area (Å²) >= 11 is 0. The van der Waals surface area contributed by atoms with Gasteiger partial charge in [0.05, 0.1) is 27.7 Å². The van der Waals surface area contributed by atoms with E-state index in [1.165, 1.54) is 109 Å². The fourth-order valence-electron chi connectivity index (χ4n) is 6.42. The van der Waals surface area contributed by atoms with Gasteiger partial charge in [-0.1, -0.05) is 184 Å². The SMILES string of the molecule is CC/C=C/C/C=C/C/C=C/C/C=C/CCCCC(=O)O[C@H](COC(=O)CCCCCCCCCCCCCCCCCCCCCC)COP(=O)(O)OCC[N+](C)(C)C. The molecule has 0 radical (unpaired) electrons. The van der Waals surface area contributed by atoms with Gasteiger partial charge in [0, 0.05) is 12.8 Å². The zero-order chi connectivity index (χ0) is 43.6. The van der Waals surface area contributed by atoms with Gasteiger partial charge in [0.15, 0.2) is 6.10 Å². The van der Waals surface area contributed by atoms with Crippen LogP contribution in [0.3, 0.4) is 0 Å². The lowest BCUT2D eigenvalue weighted by molar-refractivity contribution is -0.870. The Morgan fingerprint density at radius 1 is 0.542 bits per heavy atom. The summed E-state index contributed by atoms with van der Waals surface area (Å²) in [5.74, 6) is -0.842. The average Bonchev–Trinajstić information content (AvgIpc) is 3.19. The first-order valence-electron chi connectivity index (χ1n) is 23.9. The smallest absolute Gasteiger partial charge is 0.462 e. The fraction of sp³-hybridized carbons (Fsp3) is 0.796. The highest BCUT2D eigenvalue weighted by molar-refractivity contribution is 7.47. The van der Waals surface area contributed by atoms with Gasteiger partial charge in [-0.2, -0.15) is 0 Å². The van der Waals surface area contributed by atoms with Gasteiger partial charge < -0.3 is 18.9 Å². The number of unbranched alkanes of at least 4 members (excludes halogenated alkanes) is 21. The van der Waals surface area contributed by atoms with Crippen LogP contribution in [0.4, 0.5) is 0 Å². The Morgan fingerprint density at radius 2 is 0.966 bits per heavy atom. The van der Waals surface area contributed by atoms with Crippen LogP contribution in [0.5, 0.6) is 0 Å². The molecule has 0 aromatic heterocycles. The minimum atomic E-state index is -4.39. The molecule has 344 valence electrons. The number of quaternary nitrogens is 1. The molecule has 0 heterocycles. The molecule has 0 aliphatic carbocycles. The predicted octanol–water partition coefficient (Wildman–Crippen LogP) is 13.9. The molecule has 0 aliphatic heterocycles.